The van der Waals surface area contributed by atoms with E-state index in [2.05, 4.69) is 29.4 Å². The topological polar surface area (TPSA) is 15.3 Å². The molecule has 1 N–H and O–H groups in total. The van der Waals surface area contributed by atoms with E-state index in [4.69, 9.17) is 11.6 Å². The summed E-state index contributed by atoms with van der Waals surface area (Å²) in [5, 5.41) is 4.44. The van der Waals surface area contributed by atoms with Crippen LogP contribution in [-0.4, -0.2) is 30.6 Å². The van der Waals surface area contributed by atoms with Crippen molar-refractivity contribution in [3.8, 4) is 0 Å². The molecule has 1 unspecified atom stereocenters. The van der Waals surface area contributed by atoms with Gasteiger partial charge in [-0.2, -0.15) is 0 Å². The number of nitrogens with one attached hydrogen (secondary N) is 1. The van der Waals surface area contributed by atoms with Gasteiger partial charge in [-0.05, 0) is 63.5 Å². The Labute approximate surface area is 127 Å². The summed E-state index contributed by atoms with van der Waals surface area (Å²) in [7, 11) is 2.11. The number of benzene rings is 1. The van der Waals surface area contributed by atoms with Gasteiger partial charge in [-0.15, -0.1) is 0 Å². The summed E-state index contributed by atoms with van der Waals surface area (Å²) in [6, 6.07) is 8.85. The summed E-state index contributed by atoms with van der Waals surface area (Å²) >= 11 is 6.05. The summed E-state index contributed by atoms with van der Waals surface area (Å²) in [6.45, 7) is 2.54. The molecule has 20 heavy (non-hydrogen) atoms. The summed E-state index contributed by atoms with van der Waals surface area (Å²) in [5.41, 5.74) is 1.70. The Kier molecular flexibility index (Phi) is 4.34. The minimum atomic E-state index is 0.319. The predicted molar refractivity (Wildman–Crippen MR) is 85.3 cm³/mol. The first-order valence-corrected chi connectivity index (χ1v) is 8.32. The van der Waals surface area contributed by atoms with Crippen LogP contribution in [0.15, 0.2) is 24.3 Å². The van der Waals surface area contributed by atoms with Gasteiger partial charge in [0.05, 0.1) is 6.04 Å². The highest BCUT2D eigenvalue weighted by Gasteiger charge is 2.46. The third kappa shape index (κ3) is 2.49. The van der Waals surface area contributed by atoms with Crippen molar-refractivity contribution >= 4 is 11.6 Å². The molecule has 1 aromatic rings. The molecule has 2 fully saturated rings. The molecule has 1 saturated carbocycles. The molecule has 1 aliphatic heterocycles. The number of likely N-dealkylation sites (tertiary alicyclic amines) is 1. The molecule has 1 aliphatic carbocycles. The van der Waals surface area contributed by atoms with Crippen molar-refractivity contribution in [1.82, 2.24) is 10.2 Å². The Hall–Kier alpha value is -0.570. The number of hydrogen-bond donors (Lipinski definition) is 1. The van der Waals surface area contributed by atoms with Crippen molar-refractivity contribution in [2.24, 2.45) is 0 Å². The van der Waals surface area contributed by atoms with Crippen LogP contribution < -0.4 is 5.32 Å². The van der Waals surface area contributed by atoms with Crippen LogP contribution in [-0.2, 0) is 0 Å². The van der Waals surface area contributed by atoms with Crippen LogP contribution in [0.1, 0.15) is 50.1 Å². The molecule has 110 valence electrons. The lowest BCUT2D eigenvalue weighted by atomic mass is 9.82. The van der Waals surface area contributed by atoms with E-state index in [0.717, 1.165) is 5.02 Å². The Morgan fingerprint density at radius 1 is 1.05 bits per heavy atom. The second kappa shape index (κ2) is 6.05. The lowest BCUT2D eigenvalue weighted by Crippen LogP contribution is -2.53. The van der Waals surface area contributed by atoms with Gasteiger partial charge in [0.1, 0.15) is 0 Å². The van der Waals surface area contributed by atoms with Gasteiger partial charge in [-0.25, -0.2) is 0 Å². The molecule has 0 bridgehead atoms. The summed E-state index contributed by atoms with van der Waals surface area (Å²) < 4.78 is 0. The third-order valence-electron chi connectivity index (χ3n) is 5.23. The van der Waals surface area contributed by atoms with E-state index in [0.29, 0.717) is 11.6 Å². The molecule has 1 atom stereocenters. The molecule has 1 aromatic carbocycles. The van der Waals surface area contributed by atoms with Gasteiger partial charge in [0, 0.05) is 10.6 Å². The second-order valence-electron chi connectivity index (χ2n) is 6.28. The molecule has 0 radical (unpaired) electrons. The monoisotopic (exact) mass is 292 g/mol. The maximum Gasteiger partial charge on any atom is 0.0504 e. The largest absolute Gasteiger partial charge is 0.311 e. The van der Waals surface area contributed by atoms with Gasteiger partial charge >= 0.3 is 0 Å². The van der Waals surface area contributed by atoms with Gasteiger partial charge < -0.3 is 5.32 Å². The van der Waals surface area contributed by atoms with E-state index in [-0.39, 0.29) is 0 Å². The highest BCUT2D eigenvalue weighted by atomic mass is 35.5. The van der Waals surface area contributed by atoms with Crippen LogP contribution in [0, 0.1) is 0 Å². The average molecular weight is 293 g/mol. The SMILES string of the molecule is CNC(c1ccc(Cl)cc1)C1(N2CCCC2)CCCC1. The van der Waals surface area contributed by atoms with E-state index >= 15 is 0 Å². The zero-order chi connectivity index (χ0) is 14.0. The highest BCUT2D eigenvalue weighted by Crippen LogP contribution is 2.45. The zero-order valence-electron chi connectivity index (χ0n) is 12.4. The summed E-state index contributed by atoms with van der Waals surface area (Å²) in [4.78, 5) is 2.76. The van der Waals surface area contributed by atoms with Crippen molar-refractivity contribution < 1.29 is 0 Å². The van der Waals surface area contributed by atoms with E-state index < -0.39 is 0 Å². The Morgan fingerprint density at radius 3 is 2.20 bits per heavy atom. The molecule has 1 saturated heterocycles. The van der Waals surface area contributed by atoms with Gasteiger partial charge in [-0.1, -0.05) is 36.6 Å². The molecule has 3 heteroatoms. The van der Waals surface area contributed by atoms with Crippen LogP contribution >= 0.6 is 11.6 Å². The van der Waals surface area contributed by atoms with Crippen LogP contribution in [0.5, 0.6) is 0 Å². The average Bonchev–Trinajstić information content (AvgIpc) is 3.12. The van der Waals surface area contributed by atoms with Gasteiger partial charge in [-0.3, -0.25) is 4.90 Å². The highest BCUT2D eigenvalue weighted by molar-refractivity contribution is 6.30. The molecule has 0 aromatic heterocycles. The summed E-state index contributed by atoms with van der Waals surface area (Å²) in [5.74, 6) is 0. The smallest absolute Gasteiger partial charge is 0.0504 e. The Morgan fingerprint density at radius 2 is 1.65 bits per heavy atom. The summed E-state index contributed by atoms with van der Waals surface area (Å²) in [6.07, 6.45) is 8.09. The molecule has 0 amide bonds. The minimum Gasteiger partial charge on any atom is -0.311 e. The molecule has 1 heterocycles. The molecule has 2 aliphatic rings. The lowest BCUT2D eigenvalue weighted by Gasteiger charge is -2.45. The minimum absolute atomic E-state index is 0.319. The fraction of sp³-hybridized carbons (Fsp3) is 0.647. The quantitative estimate of drug-likeness (QED) is 0.902. The number of rotatable bonds is 4. The molecular formula is C17H25ClN2. The fourth-order valence-corrected chi connectivity index (χ4v) is 4.46. The molecule has 2 nitrogen and oxygen atoms in total. The van der Waals surface area contributed by atoms with Crippen molar-refractivity contribution in [2.45, 2.75) is 50.1 Å². The number of halogens is 1. The van der Waals surface area contributed by atoms with Gasteiger partial charge in [0.25, 0.3) is 0 Å². The first-order chi connectivity index (χ1) is 9.76. The Balaban J connectivity index is 1.93. The van der Waals surface area contributed by atoms with Crippen molar-refractivity contribution in [1.29, 1.82) is 0 Å². The van der Waals surface area contributed by atoms with E-state index in [1.54, 1.807) is 0 Å². The standard InChI is InChI=1S/C17H25ClN2/c1-19-16(14-6-8-15(18)9-7-14)17(10-2-3-11-17)20-12-4-5-13-20/h6-9,16,19H,2-5,10-13H2,1H3. The number of likely N-dealkylation sites (N-methyl/N-ethyl adjacent to an activating group) is 1. The molecule has 3 rings (SSSR count). The van der Waals surface area contributed by atoms with Crippen LogP contribution in [0.4, 0.5) is 0 Å². The zero-order valence-corrected chi connectivity index (χ0v) is 13.1. The lowest BCUT2D eigenvalue weighted by molar-refractivity contribution is 0.0796. The number of hydrogen-bond acceptors (Lipinski definition) is 2. The molecular weight excluding hydrogens is 268 g/mol. The van der Waals surface area contributed by atoms with E-state index in [1.807, 2.05) is 12.1 Å². The molecule has 0 spiro atoms. The van der Waals surface area contributed by atoms with Gasteiger partial charge in [0.15, 0.2) is 0 Å². The normalized spacial score (nSPS) is 24.1. The van der Waals surface area contributed by atoms with Crippen LogP contribution in [0.3, 0.4) is 0 Å². The van der Waals surface area contributed by atoms with Crippen molar-refractivity contribution in [2.75, 3.05) is 20.1 Å². The van der Waals surface area contributed by atoms with E-state index in [1.165, 1.54) is 57.2 Å². The number of nitrogens with zero attached hydrogens (tertiary/aromatic N) is 1. The predicted octanol–water partition coefficient (Wildman–Crippen LogP) is 4.01. The van der Waals surface area contributed by atoms with Crippen LogP contribution in [0.2, 0.25) is 5.02 Å². The maximum absolute atomic E-state index is 6.05. The fourth-order valence-electron chi connectivity index (χ4n) is 4.34. The van der Waals surface area contributed by atoms with Crippen LogP contribution in [0.25, 0.3) is 0 Å². The third-order valence-corrected chi connectivity index (χ3v) is 5.49. The maximum atomic E-state index is 6.05. The van der Waals surface area contributed by atoms with Crippen molar-refractivity contribution in [3.63, 3.8) is 0 Å². The van der Waals surface area contributed by atoms with Crippen molar-refractivity contribution in [3.05, 3.63) is 34.9 Å². The first-order valence-electron chi connectivity index (χ1n) is 7.94. The first kappa shape index (κ1) is 14.4. The second-order valence-corrected chi connectivity index (χ2v) is 6.71. The Bertz CT molecular complexity index is 431. The van der Waals surface area contributed by atoms with E-state index in [9.17, 15) is 0 Å². The van der Waals surface area contributed by atoms with Gasteiger partial charge in [0.2, 0.25) is 0 Å².